The molecule has 1 N–H and O–H groups in total. The van der Waals surface area contributed by atoms with Gasteiger partial charge in [0.15, 0.2) is 18.1 Å². The molecule has 8 nitrogen and oxygen atoms in total. The number of nitrogens with one attached hydrogen (secondary N) is 1. The van der Waals surface area contributed by atoms with Gasteiger partial charge in [-0.05, 0) is 23.8 Å². The number of carbonyl (C=O) groups excluding carboxylic acids is 2. The average Bonchev–Trinajstić information content (AvgIpc) is 2.81. The monoisotopic (exact) mass is 288 g/mol. The summed E-state index contributed by atoms with van der Waals surface area (Å²) in [6.45, 7) is -0.185. The van der Waals surface area contributed by atoms with E-state index in [2.05, 4.69) is 10.4 Å². The van der Waals surface area contributed by atoms with Crippen LogP contribution >= 0.6 is 0 Å². The van der Waals surface area contributed by atoms with E-state index in [1.54, 1.807) is 18.2 Å². The highest BCUT2D eigenvalue weighted by Gasteiger charge is 2.25. The number of hydrogen-bond donors (Lipinski definition) is 1. The number of methoxy groups -OCH3 is 1. The summed E-state index contributed by atoms with van der Waals surface area (Å²) in [4.78, 5) is 22.3. The van der Waals surface area contributed by atoms with Crippen LogP contribution in [0.1, 0.15) is 5.56 Å². The SMILES string of the molecule is COc1cc(/C=N/N2CC(=O)NC2=O)ccc1OCC#N. The normalized spacial score (nSPS) is 14.2. The number of nitriles is 1. The Morgan fingerprint density at radius 1 is 1.48 bits per heavy atom. The molecule has 1 saturated heterocycles. The molecule has 3 amide bonds. The first kappa shape index (κ1) is 14.3. The summed E-state index contributed by atoms with van der Waals surface area (Å²) in [5.41, 5.74) is 0.656. The van der Waals surface area contributed by atoms with Crippen molar-refractivity contribution in [1.29, 1.82) is 5.26 Å². The molecular formula is C13H12N4O4. The summed E-state index contributed by atoms with van der Waals surface area (Å²) in [6.07, 6.45) is 1.43. The number of rotatable bonds is 5. The molecule has 0 radical (unpaired) electrons. The Hall–Kier alpha value is -3.08. The van der Waals surface area contributed by atoms with Gasteiger partial charge in [0.2, 0.25) is 5.91 Å². The number of imide groups is 1. The number of amides is 3. The summed E-state index contributed by atoms with van der Waals surface area (Å²) in [6, 6.07) is 6.27. The zero-order valence-corrected chi connectivity index (χ0v) is 11.2. The first-order valence-electron chi connectivity index (χ1n) is 5.97. The predicted octanol–water partition coefficient (Wildman–Crippen LogP) is 0.483. The molecule has 21 heavy (non-hydrogen) atoms. The van der Waals surface area contributed by atoms with Gasteiger partial charge in [-0.1, -0.05) is 0 Å². The molecule has 1 heterocycles. The van der Waals surface area contributed by atoms with Gasteiger partial charge in [0.1, 0.15) is 12.6 Å². The molecule has 0 spiro atoms. The highest BCUT2D eigenvalue weighted by Crippen LogP contribution is 2.27. The second kappa shape index (κ2) is 6.38. The smallest absolute Gasteiger partial charge is 0.344 e. The lowest BCUT2D eigenvalue weighted by Crippen LogP contribution is -2.24. The Kier molecular flexibility index (Phi) is 4.36. The Morgan fingerprint density at radius 3 is 2.90 bits per heavy atom. The quantitative estimate of drug-likeness (QED) is 0.627. The standard InChI is InChI=1S/C13H12N4O4/c1-20-11-6-9(2-3-10(11)21-5-4-14)7-15-17-8-12(18)16-13(17)19/h2-3,6-7H,5,8H2,1H3,(H,16,18,19)/b15-7+. The van der Waals surface area contributed by atoms with Crippen LogP contribution in [-0.4, -0.2) is 43.4 Å². The maximum Gasteiger partial charge on any atom is 0.344 e. The number of ether oxygens (including phenoxy) is 2. The Balaban J connectivity index is 2.12. The minimum atomic E-state index is -0.558. The van der Waals surface area contributed by atoms with E-state index in [1.807, 2.05) is 6.07 Å². The van der Waals surface area contributed by atoms with Crippen LogP contribution in [0.15, 0.2) is 23.3 Å². The predicted molar refractivity (Wildman–Crippen MR) is 71.9 cm³/mol. The Morgan fingerprint density at radius 2 is 2.29 bits per heavy atom. The third-order valence-corrected chi connectivity index (χ3v) is 2.60. The molecule has 2 rings (SSSR count). The molecule has 0 bridgehead atoms. The topological polar surface area (TPSA) is 104 Å². The van der Waals surface area contributed by atoms with Crippen molar-refractivity contribution in [3.8, 4) is 17.6 Å². The largest absolute Gasteiger partial charge is 0.493 e. The van der Waals surface area contributed by atoms with Gasteiger partial charge in [0, 0.05) is 0 Å². The molecule has 0 aliphatic carbocycles. The molecule has 0 aromatic heterocycles. The fraction of sp³-hybridized carbons (Fsp3) is 0.231. The molecule has 0 saturated carbocycles. The average molecular weight is 288 g/mol. The number of carbonyl (C=O) groups is 2. The van der Waals surface area contributed by atoms with Crippen LogP contribution in [0.25, 0.3) is 0 Å². The lowest BCUT2D eigenvalue weighted by Gasteiger charge is -2.09. The third-order valence-electron chi connectivity index (χ3n) is 2.60. The highest BCUT2D eigenvalue weighted by atomic mass is 16.5. The second-order valence-electron chi connectivity index (χ2n) is 4.01. The zero-order chi connectivity index (χ0) is 15.2. The minimum absolute atomic E-state index is 0.0835. The molecule has 1 fully saturated rings. The number of benzene rings is 1. The van der Waals surface area contributed by atoms with Crippen molar-refractivity contribution in [3.05, 3.63) is 23.8 Å². The van der Waals surface area contributed by atoms with Gasteiger partial charge in [-0.3, -0.25) is 10.1 Å². The van der Waals surface area contributed by atoms with Gasteiger partial charge in [0.25, 0.3) is 0 Å². The van der Waals surface area contributed by atoms with Crippen LogP contribution in [0, 0.1) is 11.3 Å². The van der Waals surface area contributed by atoms with E-state index >= 15 is 0 Å². The minimum Gasteiger partial charge on any atom is -0.493 e. The molecular weight excluding hydrogens is 276 g/mol. The van der Waals surface area contributed by atoms with Gasteiger partial charge >= 0.3 is 6.03 Å². The summed E-state index contributed by atoms with van der Waals surface area (Å²) in [7, 11) is 1.47. The van der Waals surface area contributed by atoms with Gasteiger partial charge in [-0.25, -0.2) is 9.80 Å². The lowest BCUT2D eigenvalue weighted by atomic mass is 10.2. The van der Waals surface area contributed by atoms with E-state index in [-0.39, 0.29) is 13.2 Å². The van der Waals surface area contributed by atoms with Gasteiger partial charge in [-0.2, -0.15) is 10.4 Å². The molecule has 8 heteroatoms. The van der Waals surface area contributed by atoms with Crippen LogP contribution in [0.4, 0.5) is 4.79 Å². The summed E-state index contributed by atoms with van der Waals surface area (Å²) in [5, 5.41) is 15.5. The fourth-order valence-corrected chi connectivity index (χ4v) is 1.65. The van der Waals surface area contributed by atoms with E-state index in [0.717, 1.165) is 5.01 Å². The van der Waals surface area contributed by atoms with E-state index in [1.165, 1.54) is 13.3 Å². The first-order valence-corrected chi connectivity index (χ1v) is 5.97. The number of urea groups is 1. The van der Waals surface area contributed by atoms with Crippen molar-refractivity contribution >= 4 is 18.2 Å². The van der Waals surface area contributed by atoms with Crippen molar-refractivity contribution < 1.29 is 19.1 Å². The molecule has 1 aromatic carbocycles. The van der Waals surface area contributed by atoms with Crippen molar-refractivity contribution in [2.75, 3.05) is 20.3 Å². The summed E-state index contributed by atoms with van der Waals surface area (Å²) >= 11 is 0. The van der Waals surface area contributed by atoms with E-state index in [4.69, 9.17) is 14.7 Å². The number of hydrazone groups is 1. The van der Waals surface area contributed by atoms with Crippen LogP contribution in [0.5, 0.6) is 11.5 Å². The highest BCUT2D eigenvalue weighted by molar-refractivity contribution is 6.02. The van der Waals surface area contributed by atoms with Crippen LogP contribution in [0.3, 0.4) is 0 Å². The Labute approximate surface area is 120 Å². The van der Waals surface area contributed by atoms with Crippen molar-refractivity contribution in [3.63, 3.8) is 0 Å². The van der Waals surface area contributed by atoms with Gasteiger partial charge in [-0.15, -0.1) is 0 Å². The van der Waals surface area contributed by atoms with Gasteiger partial charge in [0.05, 0.1) is 13.3 Å². The summed E-state index contributed by atoms with van der Waals surface area (Å²) < 4.78 is 10.3. The number of hydrogen-bond acceptors (Lipinski definition) is 6. The number of nitrogens with zero attached hydrogens (tertiary/aromatic N) is 3. The molecule has 1 aromatic rings. The van der Waals surface area contributed by atoms with Crippen molar-refractivity contribution in [2.24, 2.45) is 5.10 Å². The molecule has 0 unspecified atom stereocenters. The van der Waals surface area contributed by atoms with Crippen LogP contribution in [-0.2, 0) is 4.79 Å². The molecule has 108 valence electrons. The van der Waals surface area contributed by atoms with E-state index in [9.17, 15) is 9.59 Å². The van der Waals surface area contributed by atoms with Crippen molar-refractivity contribution in [1.82, 2.24) is 10.3 Å². The third kappa shape index (κ3) is 3.48. The van der Waals surface area contributed by atoms with Crippen LogP contribution in [0.2, 0.25) is 0 Å². The zero-order valence-electron chi connectivity index (χ0n) is 11.2. The fourth-order valence-electron chi connectivity index (χ4n) is 1.65. The van der Waals surface area contributed by atoms with Gasteiger partial charge < -0.3 is 9.47 Å². The van der Waals surface area contributed by atoms with Crippen molar-refractivity contribution in [2.45, 2.75) is 0 Å². The first-order chi connectivity index (χ1) is 10.1. The van der Waals surface area contributed by atoms with Crippen LogP contribution < -0.4 is 14.8 Å². The molecule has 0 atom stereocenters. The molecule has 1 aliphatic rings. The Bertz CT molecular complexity index is 636. The maximum absolute atomic E-state index is 11.3. The van der Waals surface area contributed by atoms with E-state index < -0.39 is 11.9 Å². The van der Waals surface area contributed by atoms with E-state index in [0.29, 0.717) is 17.1 Å². The summed E-state index contributed by atoms with van der Waals surface area (Å²) in [5.74, 6) is 0.483. The lowest BCUT2D eigenvalue weighted by molar-refractivity contribution is -0.118. The second-order valence-corrected chi connectivity index (χ2v) is 4.01. The maximum atomic E-state index is 11.3. The molecule has 1 aliphatic heterocycles.